The number of aromatic nitrogens is 2. The highest BCUT2D eigenvalue weighted by molar-refractivity contribution is 5.95. The normalized spacial score (nSPS) is 11.6. The first-order chi connectivity index (χ1) is 12.7. The lowest BCUT2D eigenvalue weighted by Gasteiger charge is -2.18. The van der Waals surface area contributed by atoms with Crippen molar-refractivity contribution in [3.8, 4) is 5.69 Å². The number of esters is 1. The molecule has 1 heterocycles. The predicted octanol–water partition coefficient (Wildman–Crippen LogP) is 2.91. The minimum atomic E-state index is -0.465. The number of carbonyl (C=O) groups is 2. The molecule has 0 fully saturated rings. The molecule has 0 unspecified atom stereocenters. The van der Waals surface area contributed by atoms with E-state index in [0.29, 0.717) is 5.56 Å². The zero-order valence-electron chi connectivity index (χ0n) is 14.3. The number of nitrogens with zero attached hydrogens (tertiary/aromatic N) is 2. The van der Waals surface area contributed by atoms with Crippen molar-refractivity contribution in [2.45, 2.75) is 12.5 Å². The third-order valence-corrected chi connectivity index (χ3v) is 4.02. The summed E-state index contributed by atoms with van der Waals surface area (Å²) in [6, 6.07) is 16.1. The minimum Gasteiger partial charge on any atom is -0.469 e. The SMILES string of the molecule is COC(=O)C[C@H](NC(=O)c1cccc(-n2ccnc2)c1)c1ccccc1. The van der Waals surface area contributed by atoms with Crippen LogP contribution in [0.25, 0.3) is 5.69 Å². The van der Waals surface area contributed by atoms with Crippen molar-refractivity contribution in [2.24, 2.45) is 0 Å². The average Bonchev–Trinajstić information content (AvgIpc) is 3.23. The largest absolute Gasteiger partial charge is 0.469 e. The molecule has 1 atom stereocenters. The minimum absolute atomic E-state index is 0.0630. The van der Waals surface area contributed by atoms with Gasteiger partial charge in [-0.1, -0.05) is 36.4 Å². The highest BCUT2D eigenvalue weighted by atomic mass is 16.5. The Bertz CT molecular complexity index is 876. The summed E-state index contributed by atoms with van der Waals surface area (Å²) < 4.78 is 6.58. The van der Waals surface area contributed by atoms with E-state index in [1.165, 1.54) is 7.11 Å². The number of methoxy groups -OCH3 is 1. The van der Waals surface area contributed by atoms with Crippen molar-refractivity contribution in [3.63, 3.8) is 0 Å². The van der Waals surface area contributed by atoms with Crippen molar-refractivity contribution in [1.29, 1.82) is 0 Å². The van der Waals surface area contributed by atoms with Crippen molar-refractivity contribution < 1.29 is 14.3 Å². The molecule has 3 rings (SSSR count). The fourth-order valence-corrected chi connectivity index (χ4v) is 2.65. The van der Waals surface area contributed by atoms with Crippen LogP contribution in [0.2, 0.25) is 0 Å². The number of rotatable bonds is 6. The van der Waals surface area contributed by atoms with Crippen LogP contribution in [0.5, 0.6) is 0 Å². The molecule has 0 radical (unpaired) electrons. The number of imidazole rings is 1. The van der Waals surface area contributed by atoms with Crippen molar-refractivity contribution in [3.05, 3.63) is 84.4 Å². The van der Waals surface area contributed by atoms with Gasteiger partial charge in [-0.25, -0.2) is 4.98 Å². The predicted molar refractivity (Wildman–Crippen MR) is 96.8 cm³/mol. The molecule has 0 aliphatic carbocycles. The molecular weight excluding hydrogens is 330 g/mol. The van der Waals surface area contributed by atoms with Gasteiger partial charge < -0.3 is 14.6 Å². The van der Waals surface area contributed by atoms with Gasteiger partial charge in [0.2, 0.25) is 0 Å². The van der Waals surface area contributed by atoms with Crippen molar-refractivity contribution in [1.82, 2.24) is 14.9 Å². The van der Waals surface area contributed by atoms with E-state index in [0.717, 1.165) is 11.3 Å². The summed E-state index contributed by atoms with van der Waals surface area (Å²) in [5.41, 5.74) is 2.18. The molecule has 0 aliphatic heterocycles. The Balaban J connectivity index is 1.81. The summed E-state index contributed by atoms with van der Waals surface area (Å²) in [6.07, 6.45) is 5.21. The van der Waals surface area contributed by atoms with E-state index in [2.05, 4.69) is 10.3 Å². The van der Waals surface area contributed by atoms with Gasteiger partial charge in [0.25, 0.3) is 5.91 Å². The molecule has 2 aromatic carbocycles. The van der Waals surface area contributed by atoms with Crippen LogP contribution in [0.4, 0.5) is 0 Å². The van der Waals surface area contributed by atoms with E-state index in [1.807, 2.05) is 47.0 Å². The zero-order valence-corrected chi connectivity index (χ0v) is 14.3. The van der Waals surface area contributed by atoms with Crippen LogP contribution in [-0.2, 0) is 9.53 Å². The van der Waals surface area contributed by atoms with Gasteiger partial charge in [0.1, 0.15) is 0 Å². The van der Waals surface area contributed by atoms with E-state index < -0.39 is 6.04 Å². The Morgan fingerprint density at radius 3 is 2.65 bits per heavy atom. The van der Waals surface area contributed by atoms with Gasteiger partial charge in [-0.15, -0.1) is 0 Å². The molecule has 6 heteroatoms. The molecule has 26 heavy (non-hydrogen) atoms. The fourth-order valence-electron chi connectivity index (χ4n) is 2.65. The first-order valence-electron chi connectivity index (χ1n) is 8.18. The Morgan fingerprint density at radius 1 is 1.15 bits per heavy atom. The standard InChI is InChI=1S/C20H19N3O3/c1-26-19(24)13-18(15-6-3-2-4-7-15)22-20(25)16-8-5-9-17(12-16)23-11-10-21-14-23/h2-12,14,18H,13H2,1H3,(H,22,25)/t18-/m0/s1. The Kier molecular flexibility index (Phi) is 5.43. The maximum absolute atomic E-state index is 12.7. The lowest BCUT2D eigenvalue weighted by molar-refractivity contribution is -0.141. The Hall–Kier alpha value is -3.41. The first kappa shape index (κ1) is 17.4. The van der Waals surface area contributed by atoms with E-state index in [1.54, 1.807) is 30.9 Å². The maximum Gasteiger partial charge on any atom is 0.307 e. The second kappa shape index (κ2) is 8.11. The summed E-state index contributed by atoms with van der Waals surface area (Å²) in [5.74, 6) is -0.643. The summed E-state index contributed by atoms with van der Waals surface area (Å²) in [5, 5.41) is 2.92. The quantitative estimate of drug-likeness (QED) is 0.695. The number of amides is 1. The second-order valence-corrected chi connectivity index (χ2v) is 5.74. The van der Waals surface area contributed by atoms with E-state index >= 15 is 0 Å². The lowest BCUT2D eigenvalue weighted by Crippen LogP contribution is -2.30. The maximum atomic E-state index is 12.7. The summed E-state index contributed by atoms with van der Waals surface area (Å²) in [6.45, 7) is 0. The van der Waals surface area contributed by atoms with E-state index in [4.69, 9.17) is 4.74 Å². The number of hydrogen-bond acceptors (Lipinski definition) is 4. The number of ether oxygens (including phenoxy) is 1. The zero-order chi connectivity index (χ0) is 18.4. The molecule has 0 bridgehead atoms. The van der Waals surface area contributed by atoms with Crippen LogP contribution in [0, 0.1) is 0 Å². The van der Waals surface area contributed by atoms with Gasteiger partial charge in [-0.05, 0) is 23.8 Å². The average molecular weight is 349 g/mol. The van der Waals surface area contributed by atoms with Gasteiger partial charge in [0.05, 0.1) is 25.9 Å². The third-order valence-electron chi connectivity index (χ3n) is 4.02. The van der Waals surface area contributed by atoms with Gasteiger partial charge in [-0.2, -0.15) is 0 Å². The van der Waals surface area contributed by atoms with Crippen LogP contribution >= 0.6 is 0 Å². The van der Waals surface area contributed by atoms with Gasteiger partial charge in [0.15, 0.2) is 0 Å². The number of carbonyl (C=O) groups excluding carboxylic acids is 2. The molecule has 1 amide bonds. The second-order valence-electron chi connectivity index (χ2n) is 5.74. The first-order valence-corrected chi connectivity index (χ1v) is 8.18. The monoisotopic (exact) mass is 349 g/mol. The number of nitrogens with one attached hydrogen (secondary N) is 1. The van der Waals surface area contributed by atoms with E-state index in [9.17, 15) is 9.59 Å². The Labute approximate surface area is 151 Å². The van der Waals surface area contributed by atoms with Crippen molar-refractivity contribution >= 4 is 11.9 Å². The molecule has 6 nitrogen and oxygen atoms in total. The molecule has 132 valence electrons. The van der Waals surface area contributed by atoms with Gasteiger partial charge in [0, 0.05) is 23.6 Å². The van der Waals surface area contributed by atoms with Crippen LogP contribution in [-0.4, -0.2) is 28.5 Å². The van der Waals surface area contributed by atoms with Crippen LogP contribution < -0.4 is 5.32 Å². The van der Waals surface area contributed by atoms with Gasteiger partial charge >= 0.3 is 5.97 Å². The smallest absolute Gasteiger partial charge is 0.307 e. The molecular formula is C20H19N3O3. The van der Waals surface area contributed by atoms with Gasteiger partial charge in [-0.3, -0.25) is 9.59 Å². The molecule has 1 N–H and O–H groups in total. The fraction of sp³-hybridized carbons (Fsp3) is 0.150. The summed E-state index contributed by atoms with van der Waals surface area (Å²) in [4.78, 5) is 28.5. The molecule has 3 aromatic rings. The highest BCUT2D eigenvalue weighted by Gasteiger charge is 2.19. The van der Waals surface area contributed by atoms with Crippen molar-refractivity contribution in [2.75, 3.05) is 7.11 Å². The lowest BCUT2D eigenvalue weighted by atomic mass is 10.0. The third kappa shape index (κ3) is 4.16. The molecule has 0 spiro atoms. The topological polar surface area (TPSA) is 73.2 Å². The number of benzene rings is 2. The van der Waals surface area contributed by atoms with Crippen LogP contribution in [0.1, 0.15) is 28.4 Å². The highest BCUT2D eigenvalue weighted by Crippen LogP contribution is 2.19. The summed E-state index contributed by atoms with van der Waals surface area (Å²) in [7, 11) is 1.33. The molecule has 0 aliphatic rings. The van der Waals surface area contributed by atoms with E-state index in [-0.39, 0.29) is 18.3 Å². The number of hydrogen-bond donors (Lipinski definition) is 1. The van der Waals surface area contributed by atoms with Crippen LogP contribution in [0.15, 0.2) is 73.3 Å². The molecule has 0 saturated heterocycles. The Morgan fingerprint density at radius 2 is 1.96 bits per heavy atom. The van der Waals surface area contributed by atoms with Crippen LogP contribution in [0.3, 0.4) is 0 Å². The molecule has 1 aromatic heterocycles. The molecule has 0 saturated carbocycles. The summed E-state index contributed by atoms with van der Waals surface area (Å²) >= 11 is 0.